The van der Waals surface area contributed by atoms with Gasteiger partial charge < -0.3 is 20.6 Å². The van der Waals surface area contributed by atoms with Gasteiger partial charge in [0.25, 0.3) is 0 Å². The minimum Gasteiger partial charge on any atom is -0.393 e. The Morgan fingerprint density at radius 3 is 2.30 bits per heavy atom. The number of pyridine rings is 1. The fraction of sp³-hybridized carbons (Fsp3) is 0.647. The first-order valence-electron chi connectivity index (χ1n) is 8.62. The molecule has 6 heteroatoms. The normalized spacial score (nSPS) is 25.9. The van der Waals surface area contributed by atoms with Gasteiger partial charge in [-0.2, -0.15) is 0 Å². The molecule has 6 nitrogen and oxygen atoms in total. The molecule has 23 heavy (non-hydrogen) atoms. The molecule has 1 aliphatic carbocycles. The molecular formula is C17H26N4O2. The van der Waals surface area contributed by atoms with E-state index in [9.17, 15) is 9.90 Å². The molecule has 0 spiro atoms. The first-order chi connectivity index (χ1) is 11.2. The van der Waals surface area contributed by atoms with Crippen LogP contribution in [0.4, 0.5) is 10.6 Å². The van der Waals surface area contributed by atoms with Gasteiger partial charge in [-0.25, -0.2) is 9.78 Å². The molecule has 1 aliphatic heterocycles. The van der Waals surface area contributed by atoms with Crippen molar-refractivity contribution in [3.63, 3.8) is 0 Å². The lowest BCUT2D eigenvalue weighted by Gasteiger charge is -2.33. The quantitative estimate of drug-likeness (QED) is 0.792. The summed E-state index contributed by atoms with van der Waals surface area (Å²) in [5, 5.41) is 15.6. The summed E-state index contributed by atoms with van der Waals surface area (Å²) in [5.74, 6) is 1.01. The van der Waals surface area contributed by atoms with Crippen LogP contribution < -0.4 is 15.5 Å². The zero-order chi connectivity index (χ0) is 16.1. The molecule has 2 amide bonds. The minimum atomic E-state index is -0.188. The summed E-state index contributed by atoms with van der Waals surface area (Å²) in [6.07, 6.45) is 6.81. The van der Waals surface area contributed by atoms with E-state index in [0.717, 1.165) is 57.4 Å². The summed E-state index contributed by atoms with van der Waals surface area (Å²) in [5.41, 5.74) is 0. The van der Waals surface area contributed by atoms with Crippen LogP contribution in [0.1, 0.15) is 38.5 Å². The molecule has 0 atom stereocenters. The maximum Gasteiger partial charge on any atom is 0.315 e. The third-order valence-electron chi connectivity index (χ3n) is 4.84. The number of aliphatic hydroxyl groups excluding tert-OH is 1. The minimum absolute atomic E-state index is 0.0670. The van der Waals surface area contributed by atoms with Crippen LogP contribution >= 0.6 is 0 Å². The van der Waals surface area contributed by atoms with Crippen LogP contribution in [-0.4, -0.2) is 47.4 Å². The Hall–Kier alpha value is -1.82. The van der Waals surface area contributed by atoms with Gasteiger partial charge in [0.2, 0.25) is 0 Å². The Labute approximate surface area is 137 Å². The van der Waals surface area contributed by atoms with Crippen LogP contribution in [0.3, 0.4) is 0 Å². The van der Waals surface area contributed by atoms with Gasteiger partial charge in [-0.15, -0.1) is 0 Å². The first-order valence-corrected chi connectivity index (χ1v) is 8.62. The lowest BCUT2D eigenvalue weighted by Crippen LogP contribution is -2.50. The Kier molecular flexibility index (Phi) is 5.33. The van der Waals surface area contributed by atoms with E-state index in [0.29, 0.717) is 0 Å². The van der Waals surface area contributed by atoms with Gasteiger partial charge in [-0.1, -0.05) is 6.07 Å². The highest BCUT2D eigenvalue weighted by Crippen LogP contribution is 2.19. The molecule has 0 bridgehead atoms. The number of aliphatic hydroxyl groups is 1. The second kappa shape index (κ2) is 7.64. The average Bonchev–Trinajstić information content (AvgIpc) is 2.58. The summed E-state index contributed by atoms with van der Waals surface area (Å²) in [4.78, 5) is 18.7. The van der Waals surface area contributed by atoms with E-state index in [1.165, 1.54) is 0 Å². The van der Waals surface area contributed by atoms with Crippen molar-refractivity contribution in [2.75, 3.05) is 18.0 Å². The van der Waals surface area contributed by atoms with Crippen LogP contribution in [0.15, 0.2) is 24.4 Å². The number of amides is 2. The van der Waals surface area contributed by atoms with E-state index in [1.807, 2.05) is 24.4 Å². The second-order valence-corrected chi connectivity index (χ2v) is 6.57. The van der Waals surface area contributed by atoms with Crippen molar-refractivity contribution in [1.29, 1.82) is 0 Å². The predicted octanol–water partition coefficient (Wildman–Crippen LogP) is 1.65. The van der Waals surface area contributed by atoms with Gasteiger partial charge in [0.05, 0.1) is 6.10 Å². The van der Waals surface area contributed by atoms with Gasteiger partial charge in [-0.05, 0) is 50.7 Å². The van der Waals surface area contributed by atoms with Crippen LogP contribution in [-0.2, 0) is 0 Å². The predicted molar refractivity (Wildman–Crippen MR) is 89.4 cm³/mol. The van der Waals surface area contributed by atoms with Crippen LogP contribution in [0.25, 0.3) is 0 Å². The van der Waals surface area contributed by atoms with Crippen molar-refractivity contribution < 1.29 is 9.90 Å². The van der Waals surface area contributed by atoms with Crippen molar-refractivity contribution >= 4 is 11.8 Å². The molecule has 2 fully saturated rings. The number of hydrogen-bond acceptors (Lipinski definition) is 4. The van der Waals surface area contributed by atoms with Crippen LogP contribution in [0, 0.1) is 0 Å². The zero-order valence-corrected chi connectivity index (χ0v) is 13.4. The maximum absolute atomic E-state index is 12.1. The van der Waals surface area contributed by atoms with Crippen molar-refractivity contribution in [3.8, 4) is 0 Å². The number of urea groups is 1. The average molecular weight is 318 g/mol. The number of carbonyl (C=O) groups excluding carboxylic acids is 1. The van der Waals surface area contributed by atoms with Crippen molar-refractivity contribution in [2.24, 2.45) is 0 Å². The third-order valence-corrected chi connectivity index (χ3v) is 4.84. The number of rotatable bonds is 3. The monoisotopic (exact) mass is 318 g/mol. The zero-order valence-electron chi connectivity index (χ0n) is 13.4. The largest absolute Gasteiger partial charge is 0.393 e. The van der Waals surface area contributed by atoms with Gasteiger partial charge in [-0.3, -0.25) is 0 Å². The van der Waals surface area contributed by atoms with Gasteiger partial charge in [0.15, 0.2) is 0 Å². The van der Waals surface area contributed by atoms with Crippen LogP contribution in [0.5, 0.6) is 0 Å². The second-order valence-electron chi connectivity index (χ2n) is 6.57. The number of anilines is 1. The molecule has 3 N–H and O–H groups in total. The Balaban J connectivity index is 1.39. The van der Waals surface area contributed by atoms with Gasteiger partial charge in [0.1, 0.15) is 5.82 Å². The van der Waals surface area contributed by atoms with Crippen molar-refractivity contribution in [2.45, 2.75) is 56.7 Å². The number of nitrogens with zero attached hydrogens (tertiary/aromatic N) is 2. The van der Waals surface area contributed by atoms with Crippen LogP contribution in [0.2, 0.25) is 0 Å². The highest BCUT2D eigenvalue weighted by molar-refractivity contribution is 5.74. The molecule has 126 valence electrons. The number of piperidine rings is 1. The fourth-order valence-corrected chi connectivity index (χ4v) is 3.43. The molecule has 1 saturated heterocycles. The number of carbonyl (C=O) groups is 1. The van der Waals surface area contributed by atoms with Crippen molar-refractivity contribution in [3.05, 3.63) is 24.4 Å². The molecule has 1 saturated carbocycles. The summed E-state index contributed by atoms with van der Waals surface area (Å²) in [6, 6.07) is 6.31. The molecular weight excluding hydrogens is 292 g/mol. The molecule has 2 aliphatic rings. The highest BCUT2D eigenvalue weighted by Gasteiger charge is 2.24. The molecule has 0 aromatic carbocycles. The fourth-order valence-electron chi connectivity index (χ4n) is 3.43. The topological polar surface area (TPSA) is 77.5 Å². The Bertz CT molecular complexity index is 495. The lowest BCUT2D eigenvalue weighted by atomic mass is 9.93. The summed E-state index contributed by atoms with van der Waals surface area (Å²) in [7, 11) is 0. The smallest absolute Gasteiger partial charge is 0.315 e. The number of aromatic nitrogens is 1. The summed E-state index contributed by atoms with van der Waals surface area (Å²) >= 11 is 0. The number of hydrogen-bond donors (Lipinski definition) is 3. The van der Waals surface area contributed by atoms with E-state index in [4.69, 9.17) is 0 Å². The molecule has 0 unspecified atom stereocenters. The molecule has 0 radical (unpaired) electrons. The van der Waals surface area contributed by atoms with E-state index >= 15 is 0 Å². The lowest BCUT2D eigenvalue weighted by molar-refractivity contribution is 0.117. The number of nitrogens with one attached hydrogen (secondary N) is 2. The molecule has 1 aromatic rings. The van der Waals surface area contributed by atoms with Crippen molar-refractivity contribution in [1.82, 2.24) is 15.6 Å². The van der Waals surface area contributed by atoms with E-state index < -0.39 is 0 Å². The molecule has 3 rings (SSSR count). The Morgan fingerprint density at radius 2 is 1.70 bits per heavy atom. The first kappa shape index (κ1) is 16.1. The SMILES string of the molecule is O=C(NC1CCC(O)CC1)NC1CCN(c2ccccn2)CC1. The summed E-state index contributed by atoms with van der Waals surface area (Å²) < 4.78 is 0. The highest BCUT2D eigenvalue weighted by atomic mass is 16.3. The van der Waals surface area contributed by atoms with E-state index in [2.05, 4.69) is 20.5 Å². The third kappa shape index (κ3) is 4.58. The Morgan fingerprint density at radius 1 is 1.04 bits per heavy atom. The molecule has 2 heterocycles. The summed E-state index contributed by atoms with van der Waals surface area (Å²) in [6.45, 7) is 1.83. The molecule has 1 aromatic heterocycles. The van der Waals surface area contributed by atoms with Gasteiger partial charge >= 0.3 is 6.03 Å². The van der Waals surface area contributed by atoms with E-state index in [1.54, 1.807) is 0 Å². The standard InChI is InChI=1S/C17H26N4O2/c22-15-6-4-13(5-7-15)19-17(23)20-14-8-11-21(12-9-14)16-3-1-2-10-18-16/h1-3,10,13-15,22H,4-9,11-12H2,(H2,19,20,23). The van der Waals surface area contributed by atoms with Gasteiger partial charge in [0, 0.05) is 31.4 Å². The maximum atomic E-state index is 12.1. The van der Waals surface area contributed by atoms with E-state index in [-0.39, 0.29) is 24.2 Å².